The van der Waals surface area contributed by atoms with Crippen molar-refractivity contribution in [1.82, 2.24) is 20.4 Å². The van der Waals surface area contributed by atoms with Crippen LogP contribution in [-0.2, 0) is 9.59 Å². The van der Waals surface area contributed by atoms with E-state index >= 15 is 0 Å². The largest absolute Gasteiger partial charge is 0.371 e. The number of imide groups is 2. The first kappa shape index (κ1) is 33.0. The van der Waals surface area contributed by atoms with Gasteiger partial charge in [-0.2, -0.15) is 0 Å². The van der Waals surface area contributed by atoms with Gasteiger partial charge in [-0.25, -0.2) is 4.79 Å². The van der Waals surface area contributed by atoms with Crippen LogP contribution in [0.15, 0.2) is 72.9 Å². The third-order valence-electron chi connectivity index (χ3n) is 9.83. The van der Waals surface area contributed by atoms with Crippen molar-refractivity contribution in [3.05, 3.63) is 94.7 Å². The normalized spacial score (nSPS) is 19.6. The number of hydrogen-bond donors (Lipinski definition) is 2. The molecule has 4 aliphatic rings. The Kier molecular flexibility index (Phi) is 8.87. The van der Waals surface area contributed by atoms with Gasteiger partial charge in [-0.3, -0.25) is 39.1 Å². The van der Waals surface area contributed by atoms with E-state index < -0.39 is 29.7 Å². The molecule has 1 atom stereocenters. The Balaban J connectivity index is 0.979. The van der Waals surface area contributed by atoms with E-state index in [2.05, 4.69) is 15.5 Å². The number of fused-ring (bicyclic) bond motifs is 1. The monoisotopic (exact) mass is 694 g/mol. The molecule has 4 aliphatic heterocycles. The number of anilines is 2. The molecular weight excluding hydrogens is 660 g/mol. The minimum absolute atomic E-state index is 0.0707. The van der Waals surface area contributed by atoms with E-state index in [9.17, 15) is 28.8 Å². The second-order valence-electron chi connectivity index (χ2n) is 12.9. The van der Waals surface area contributed by atoms with Crippen LogP contribution in [0.5, 0.6) is 0 Å². The molecule has 2 saturated heterocycles. The standard InChI is InChI=1S/C37H35ClN6O6/c1-39-33(46)24-6-8-27(30(38)19-24)23-4-2-5-26(18-23)43-15-3-14-42(37(43)50)21-22-12-16-41(17-13-22)25-7-9-28-29(20-25)36(49)44(35(28)48)31-10-11-32(45)40-34(31)47/h2-9,15,18-20,22,31H,10-14,16-17,21H2,1H3,(H,39,46)(H,40,45,47). The molecule has 1 unspecified atom stereocenters. The quantitative estimate of drug-likeness (QED) is 0.349. The van der Waals surface area contributed by atoms with Crippen molar-refractivity contribution in [2.75, 3.05) is 43.0 Å². The first-order valence-electron chi connectivity index (χ1n) is 16.6. The fourth-order valence-corrected chi connectivity index (χ4v) is 7.41. The molecular formula is C37H35ClN6O6. The van der Waals surface area contributed by atoms with Crippen LogP contribution >= 0.6 is 11.6 Å². The lowest BCUT2D eigenvalue weighted by Crippen LogP contribution is -2.54. The lowest BCUT2D eigenvalue weighted by molar-refractivity contribution is -0.136. The molecule has 13 heteroatoms. The molecule has 4 heterocycles. The van der Waals surface area contributed by atoms with Gasteiger partial charge in [0.05, 0.1) is 16.8 Å². The fraction of sp³-hybridized carbons (Fsp3) is 0.297. The van der Waals surface area contributed by atoms with Gasteiger partial charge in [0.2, 0.25) is 11.8 Å². The highest BCUT2D eigenvalue weighted by atomic mass is 35.5. The number of hydrogen-bond acceptors (Lipinski definition) is 7. The number of piperidine rings is 2. The average molecular weight is 695 g/mol. The van der Waals surface area contributed by atoms with E-state index in [0.29, 0.717) is 42.5 Å². The molecule has 0 saturated carbocycles. The Hall–Kier alpha value is -5.49. The average Bonchev–Trinajstić information content (AvgIpc) is 3.37. The van der Waals surface area contributed by atoms with Crippen LogP contribution in [0, 0.1) is 5.92 Å². The van der Waals surface area contributed by atoms with E-state index in [1.165, 1.54) is 0 Å². The lowest BCUT2D eigenvalue weighted by Gasteiger charge is -2.38. The van der Waals surface area contributed by atoms with Crippen molar-refractivity contribution >= 4 is 58.5 Å². The van der Waals surface area contributed by atoms with Gasteiger partial charge in [0.25, 0.3) is 17.7 Å². The number of benzene rings is 3. The van der Waals surface area contributed by atoms with Gasteiger partial charge in [-0.1, -0.05) is 29.8 Å². The number of urea groups is 1. The SMILES string of the molecule is CNC(=O)c1ccc(-c2cccc(N3C=CCN(CC4CCN(c5ccc6c(c5)C(=O)N(C5CCC(=O)NC5=O)C6=O)CC4)C3=O)c2)c(Cl)c1. The van der Waals surface area contributed by atoms with E-state index in [4.69, 9.17) is 11.6 Å². The number of amides is 7. The first-order chi connectivity index (χ1) is 24.1. The van der Waals surface area contributed by atoms with Crippen molar-refractivity contribution in [3.8, 4) is 11.1 Å². The Labute approximate surface area is 293 Å². The van der Waals surface area contributed by atoms with Gasteiger partial charge in [0, 0.05) is 67.7 Å². The van der Waals surface area contributed by atoms with E-state index in [1.54, 1.807) is 48.5 Å². The Bertz CT molecular complexity index is 1970. The molecule has 50 heavy (non-hydrogen) atoms. The molecule has 0 bridgehead atoms. The van der Waals surface area contributed by atoms with Gasteiger partial charge in [0.1, 0.15) is 6.04 Å². The summed E-state index contributed by atoms with van der Waals surface area (Å²) in [6, 6.07) is 16.8. The number of carbonyl (C=O) groups is 6. The Morgan fingerprint density at radius 2 is 1.64 bits per heavy atom. The zero-order chi connectivity index (χ0) is 35.1. The molecule has 2 fully saturated rings. The lowest BCUT2D eigenvalue weighted by atomic mass is 9.95. The number of carbonyl (C=O) groups excluding carboxylic acids is 6. The number of nitrogens with zero attached hydrogens (tertiary/aromatic N) is 4. The predicted molar refractivity (Wildman–Crippen MR) is 187 cm³/mol. The summed E-state index contributed by atoms with van der Waals surface area (Å²) in [6.07, 6.45) is 5.61. The van der Waals surface area contributed by atoms with Gasteiger partial charge in [-0.05, 0) is 79.3 Å². The fourth-order valence-electron chi connectivity index (χ4n) is 7.12. The van der Waals surface area contributed by atoms with Crippen molar-refractivity contribution in [1.29, 1.82) is 0 Å². The van der Waals surface area contributed by atoms with Crippen LogP contribution in [-0.4, -0.2) is 84.6 Å². The van der Waals surface area contributed by atoms with Crippen molar-refractivity contribution in [3.63, 3.8) is 0 Å². The molecule has 0 radical (unpaired) electrons. The van der Waals surface area contributed by atoms with Crippen LogP contribution in [0.4, 0.5) is 16.2 Å². The molecule has 0 aliphatic carbocycles. The Morgan fingerprint density at radius 3 is 2.38 bits per heavy atom. The molecule has 0 aromatic heterocycles. The number of nitrogens with one attached hydrogen (secondary N) is 2. The van der Waals surface area contributed by atoms with Crippen LogP contribution < -0.4 is 20.4 Å². The minimum Gasteiger partial charge on any atom is -0.371 e. The summed E-state index contributed by atoms with van der Waals surface area (Å²) in [5.74, 6) is -2.04. The maximum absolute atomic E-state index is 13.7. The molecule has 3 aromatic carbocycles. The maximum atomic E-state index is 13.7. The van der Waals surface area contributed by atoms with E-state index in [0.717, 1.165) is 34.6 Å². The van der Waals surface area contributed by atoms with Gasteiger partial charge >= 0.3 is 6.03 Å². The van der Waals surface area contributed by atoms with Gasteiger partial charge in [-0.15, -0.1) is 0 Å². The van der Waals surface area contributed by atoms with Crippen LogP contribution in [0.2, 0.25) is 5.02 Å². The zero-order valence-corrected chi connectivity index (χ0v) is 28.1. The molecule has 2 N–H and O–H groups in total. The highest BCUT2D eigenvalue weighted by Gasteiger charge is 2.45. The second-order valence-corrected chi connectivity index (χ2v) is 13.3. The molecule has 7 amide bonds. The molecule has 12 nitrogen and oxygen atoms in total. The highest BCUT2D eigenvalue weighted by Crippen LogP contribution is 2.34. The second kappa shape index (κ2) is 13.4. The minimum atomic E-state index is -1.00. The van der Waals surface area contributed by atoms with Crippen LogP contribution in [0.3, 0.4) is 0 Å². The van der Waals surface area contributed by atoms with Gasteiger partial charge < -0.3 is 15.1 Å². The Morgan fingerprint density at radius 1 is 0.880 bits per heavy atom. The van der Waals surface area contributed by atoms with Crippen molar-refractivity contribution < 1.29 is 28.8 Å². The van der Waals surface area contributed by atoms with Gasteiger partial charge in [0.15, 0.2) is 0 Å². The molecule has 256 valence electrons. The highest BCUT2D eigenvalue weighted by molar-refractivity contribution is 6.33. The summed E-state index contributed by atoms with van der Waals surface area (Å²) >= 11 is 6.55. The number of rotatable bonds is 7. The van der Waals surface area contributed by atoms with E-state index in [-0.39, 0.29) is 41.8 Å². The summed E-state index contributed by atoms with van der Waals surface area (Å²) in [5, 5.41) is 5.25. The summed E-state index contributed by atoms with van der Waals surface area (Å²) in [4.78, 5) is 82.8. The van der Waals surface area contributed by atoms with Crippen LogP contribution in [0.25, 0.3) is 11.1 Å². The molecule has 0 spiro atoms. The molecule has 3 aromatic rings. The van der Waals surface area contributed by atoms with Crippen molar-refractivity contribution in [2.24, 2.45) is 5.92 Å². The van der Waals surface area contributed by atoms with E-state index in [1.807, 2.05) is 41.3 Å². The smallest absolute Gasteiger partial charge is 0.328 e. The third-order valence-corrected chi connectivity index (χ3v) is 10.1. The number of halogens is 1. The summed E-state index contributed by atoms with van der Waals surface area (Å²) in [7, 11) is 1.56. The maximum Gasteiger partial charge on any atom is 0.328 e. The zero-order valence-electron chi connectivity index (χ0n) is 27.4. The summed E-state index contributed by atoms with van der Waals surface area (Å²) in [6.45, 7) is 2.53. The summed E-state index contributed by atoms with van der Waals surface area (Å²) in [5.41, 5.74) is 4.08. The molecule has 7 rings (SSSR count). The van der Waals surface area contributed by atoms with Crippen LogP contribution in [0.1, 0.15) is 56.8 Å². The first-order valence-corrected chi connectivity index (χ1v) is 17.0. The topological polar surface area (TPSA) is 139 Å². The predicted octanol–water partition coefficient (Wildman–Crippen LogP) is 4.44. The van der Waals surface area contributed by atoms with Crippen molar-refractivity contribution in [2.45, 2.75) is 31.7 Å². The third kappa shape index (κ3) is 6.11. The summed E-state index contributed by atoms with van der Waals surface area (Å²) < 4.78 is 0.